The third-order valence-corrected chi connectivity index (χ3v) is 2.84. The summed E-state index contributed by atoms with van der Waals surface area (Å²) >= 11 is 0. The maximum absolute atomic E-state index is 11.8. The number of carboxylic acids is 1. The van der Waals surface area contributed by atoms with Gasteiger partial charge in [0.15, 0.2) is 0 Å². The van der Waals surface area contributed by atoms with E-state index < -0.39 is 12.0 Å². The minimum atomic E-state index is -0.844. The number of carbonyl (C=O) groups is 3. The molecule has 0 fully saturated rings. The molecule has 0 aliphatic rings. The van der Waals surface area contributed by atoms with Gasteiger partial charge >= 0.3 is 12.0 Å². The number of aryl methyl sites for hydroxylation is 1. The SMILES string of the molecule is CNC(=O)CN(C)C(=O)Nc1ccc(CCC(=O)O)cc1. The van der Waals surface area contributed by atoms with Crippen molar-refractivity contribution in [1.82, 2.24) is 10.2 Å². The number of likely N-dealkylation sites (N-methyl/N-ethyl adjacent to an activating group) is 2. The lowest BCUT2D eigenvalue weighted by molar-refractivity contribution is -0.137. The van der Waals surface area contributed by atoms with Gasteiger partial charge in [-0.25, -0.2) is 4.79 Å². The Bertz CT molecular complexity index is 513. The van der Waals surface area contributed by atoms with Crippen molar-refractivity contribution in [2.75, 3.05) is 26.0 Å². The molecule has 0 aliphatic heterocycles. The van der Waals surface area contributed by atoms with Crippen molar-refractivity contribution < 1.29 is 19.5 Å². The molecule has 3 N–H and O–H groups in total. The molecular formula is C14H19N3O4. The Morgan fingerprint density at radius 2 is 1.81 bits per heavy atom. The largest absolute Gasteiger partial charge is 0.481 e. The van der Waals surface area contributed by atoms with Crippen LogP contribution in [0.4, 0.5) is 10.5 Å². The van der Waals surface area contributed by atoms with E-state index in [2.05, 4.69) is 10.6 Å². The number of nitrogens with zero attached hydrogens (tertiary/aromatic N) is 1. The van der Waals surface area contributed by atoms with Gasteiger partial charge in [-0.05, 0) is 24.1 Å². The van der Waals surface area contributed by atoms with Crippen molar-refractivity contribution in [3.05, 3.63) is 29.8 Å². The number of hydrogen-bond acceptors (Lipinski definition) is 3. The number of carbonyl (C=O) groups excluding carboxylic acids is 2. The zero-order valence-electron chi connectivity index (χ0n) is 12.0. The van der Waals surface area contributed by atoms with E-state index in [0.717, 1.165) is 5.56 Å². The maximum Gasteiger partial charge on any atom is 0.322 e. The fourth-order valence-electron chi connectivity index (χ4n) is 1.59. The van der Waals surface area contributed by atoms with Crippen molar-refractivity contribution >= 4 is 23.6 Å². The van der Waals surface area contributed by atoms with E-state index in [9.17, 15) is 14.4 Å². The summed E-state index contributed by atoms with van der Waals surface area (Å²) in [5.74, 6) is -1.10. The lowest BCUT2D eigenvalue weighted by atomic mass is 10.1. The molecule has 1 rings (SSSR count). The molecule has 0 saturated heterocycles. The second-order valence-electron chi connectivity index (χ2n) is 4.55. The van der Waals surface area contributed by atoms with Crippen LogP contribution in [0.3, 0.4) is 0 Å². The molecule has 7 heteroatoms. The summed E-state index contributed by atoms with van der Waals surface area (Å²) in [4.78, 5) is 34.7. The molecule has 0 radical (unpaired) electrons. The van der Waals surface area contributed by atoms with Gasteiger partial charge in [-0.15, -0.1) is 0 Å². The van der Waals surface area contributed by atoms with Gasteiger partial charge in [0.1, 0.15) is 6.54 Å². The van der Waals surface area contributed by atoms with Gasteiger partial charge in [0.25, 0.3) is 0 Å². The summed E-state index contributed by atoms with van der Waals surface area (Å²) in [5, 5.41) is 13.7. The Kier molecular flexibility index (Phi) is 6.19. The summed E-state index contributed by atoms with van der Waals surface area (Å²) in [6.07, 6.45) is 0.515. The first kappa shape index (κ1) is 16.5. The Hall–Kier alpha value is -2.57. The third kappa shape index (κ3) is 5.94. The molecule has 0 unspecified atom stereocenters. The number of anilines is 1. The van der Waals surface area contributed by atoms with Crippen molar-refractivity contribution in [3.63, 3.8) is 0 Å². The number of amides is 3. The van der Waals surface area contributed by atoms with E-state index in [1.54, 1.807) is 24.3 Å². The predicted octanol–water partition coefficient (Wildman–Crippen LogP) is 0.913. The number of benzene rings is 1. The quantitative estimate of drug-likeness (QED) is 0.726. The highest BCUT2D eigenvalue weighted by atomic mass is 16.4. The minimum Gasteiger partial charge on any atom is -0.481 e. The molecule has 0 aromatic heterocycles. The van der Waals surface area contributed by atoms with Crippen LogP contribution < -0.4 is 10.6 Å². The van der Waals surface area contributed by atoms with Gasteiger partial charge in [0.2, 0.25) is 5.91 Å². The number of carboxylic acid groups (broad SMARTS) is 1. The average molecular weight is 293 g/mol. The molecule has 0 aliphatic carbocycles. The zero-order chi connectivity index (χ0) is 15.8. The zero-order valence-corrected chi connectivity index (χ0v) is 12.0. The highest BCUT2D eigenvalue weighted by Crippen LogP contribution is 2.11. The van der Waals surface area contributed by atoms with Crippen LogP contribution in [-0.2, 0) is 16.0 Å². The first-order valence-corrected chi connectivity index (χ1v) is 6.46. The highest BCUT2D eigenvalue weighted by Gasteiger charge is 2.11. The molecule has 0 heterocycles. The number of rotatable bonds is 6. The summed E-state index contributed by atoms with van der Waals surface area (Å²) in [6.45, 7) is -0.0287. The molecule has 0 spiro atoms. The molecule has 0 atom stereocenters. The topological polar surface area (TPSA) is 98.7 Å². The van der Waals surface area contributed by atoms with Gasteiger partial charge < -0.3 is 20.6 Å². The molecule has 1 aromatic rings. The van der Waals surface area contributed by atoms with Crippen molar-refractivity contribution in [3.8, 4) is 0 Å². The normalized spacial score (nSPS) is 9.81. The maximum atomic E-state index is 11.8. The van der Waals surface area contributed by atoms with Gasteiger partial charge in [-0.3, -0.25) is 9.59 Å². The monoisotopic (exact) mass is 293 g/mol. The van der Waals surface area contributed by atoms with Crippen molar-refractivity contribution in [2.45, 2.75) is 12.8 Å². The Morgan fingerprint density at radius 1 is 1.19 bits per heavy atom. The predicted molar refractivity (Wildman–Crippen MR) is 78.1 cm³/mol. The van der Waals surface area contributed by atoms with Crippen LogP contribution in [0, 0.1) is 0 Å². The van der Waals surface area contributed by atoms with Crippen LogP contribution in [0.15, 0.2) is 24.3 Å². The standard InChI is InChI=1S/C14H19N3O4/c1-15-12(18)9-17(2)14(21)16-11-6-3-10(4-7-11)5-8-13(19)20/h3-4,6-7H,5,8-9H2,1-2H3,(H,15,18)(H,16,21)(H,19,20). The number of aliphatic carboxylic acids is 1. The Balaban J connectivity index is 2.53. The summed E-state index contributed by atoms with van der Waals surface area (Å²) < 4.78 is 0. The van der Waals surface area contributed by atoms with Crippen LogP contribution in [0.5, 0.6) is 0 Å². The second kappa shape index (κ2) is 7.88. The molecule has 3 amide bonds. The van der Waals surface area contributed by atoms with Gasteiger partial charge in [-0.2, -0.15) is 0 Å². The Morgan fingerprint density at radius 3 is 2.33 bits per heavy atom. The highest BCUT2D eigenvalue weighted by molar-refractivity contribution is 5.92. The van der Waals surface area contributed by atoms with Crippen LogP contribution in [0.2, 0.25) is 0 Å². The van der Waals surface area contributed by atoms with Crippen LogP contribution in [0.25, 0.3) is 0 Å². The molecule has 114 valence electrons. The van der Waals surface area contributed by atoms with E-state index in [1.807, 2.05) is 0 Å². The number of hydrogen-bond donors (Lipinski definition) is 3. The van der Waals surface area contributed by atoms with Crippen molar-refractivity contribution in [1.29, 1.82) is 0 Å². The average Bonchev–Trinajstić information content (AvgIpc) is 2.46. The smallest absolute Gasteiger partial charge is 0.322 e. The summed E-state index contributed by atoms with van der Waals surface area (Å²) in [6, 6.07) is 6.53. The lowest BCUT2D eigenvalue weighted by Crippen LogP contribution is -2.39. The van der Waals surface area contributed by atoms with E-state index in [-0.39, 0.29) is 18.9 Å². The van der Waals surface area contributed by atoms with E-state index in [0.29, 0.717) is 12.1 Å². The molecule has 1 aromatic carbocycles. The van der Waals surface area contributed by atoms with E-state index in [4.69, 9.17) is 5.11 Å². The molecular weight excluding hydrogens is 274 g/mol. The van der Waals surface area contributed by atoms with E-state index in [1.165, 1.54) is 19.0 Å². The molecule has 0 bridgehead atoms. The third-order valence-electron chi connectivity index (χ3n) is 2.84. The van der Waals surface area contributed by atoms with Crippen molar-refractivity contribution in [2.24, 2.45) is 0 Å². The van der Waals surface area contributed by atoms with Gasteiger partial charge in [0.05, 0.1) is 0 Å². The van der Waals surface area contributed by atoms with E-state index >= 15 is 0 Å². The number of urea groups is 1. The lowest BCUT2D eigenvalue weighted by Gasteiger charge is -2.17. The molecule has 7 nitrogen and oxygen atoms in total. The molecule has 21 heavy (non-hydrogen) atoms. The fourth-order valence-corrected chi connectivity index (χ4v) is 1.59. The summed E-state index contributed by atoms with van der Waals surface area (Å²) in [7, 11) is 3.02. The second-order valence-corrected chi connectivity index (χ2v) is 4.55. The first-order valence-electron chi connectivity index (χ1n) is 6.46. The first-order chi connectivity index (χ1) is 9.92. The van der Waals surface area contributed by atoms with Gasteiger partial charge in [0, 0.05) is 26.2 Å². The fraction of sp³-hybridized carbons (Fsp3) is 0.357. The van der Waals surface area contributed by atoms with Gasteiger partial charge in [-0.1, -0.05) is 12.1 Å². The number of nitrogens with one attached hydrogen (secondary N) is 2. The van der Waals surface area contributed by atoms with Crippen LogP contribution in [-0.4, -0.2) is 48.6 Å². The Labute approximate surface area is 122 Å². The van der Waals surface area contributed by atoms with Crippen LogP contribution in [0.1, 0.15) is 12.0 Å². The van der Waals surface area contributed by atoms with Crippen LogP contribution >= 0.6 is 0 Å². The molecule has 0 saturated carbocycles. The minimum absolute atomic E-state index is 0.0287. The summed E-state index contributed by atoms with van der Waals surface area (Å²) in [5.41, 5.74) is 1.47.